The van der Waals surface area contributed by atoms with Crippen LogP contribution in [0.2, 0.25) is 5.02 Å². The highest BCUT2D eigenvalue weighted by Gasteiger charge is 2.38. The third kappa shape index (κ3) is 2.73. The molecular weight excluding hydrogens is 304 g/mol. The van der Waals surface area contributed by atoms with Gasteiger partial charge in [0.2, 0.25) is 0 Å². The number of hydrogen-bond donors (Lipinski definition) is 0. The average molecular weight is 323 g/mol. The second kappa shape index (κ2) is 6.08. The molecule has 1 heterocycles. The maximum absolute atomic E-state index is 12.5. The molecule has 2 rings (SSSR count). The van der Waals surface area contributed by atoms with Gasteiger partial charge >= 0.3 is 11.8 Å². The molecule has 0 aromatic heterocycles. The Labute approximate surface area is 134 Å². The van der Waals surface area contributed by atoms with Gasteiger partial charge in [-0.2, -0.15) is 0 Å². The summed E-state index contributed by atoms with van der Waals surface area (Å²) in [5.41, 5.74) is 0.977. The minimum atomic E-state index is -0.806. The lowest BCUT2D eigenvalue weighted by Crippen LogP contribution is -2.50. The van der Waals surface area contributed by atoms with Crippen LogP contribution in [0.1, 0.15) is 43.6 Å². The summed E-state index contributed by atoms with van der Waals surface area (Å²) in [6.45, 7) is 7.39. The van der Waals surface area contributed by atoms with Gasteiger partial charge in [0.25, 0.3) is 5.91 Å². The van der Waals surface area contributed by atoms with Crippen LogP contribution in [-0.4, -0.2) is 39.6 Å². The van der Waals surface area contributed by atoms with Crippen LogP contribution >= 0.6 is 11.6 Å². The van der Waals surface area contributed by atoms with Gasteiger partial charge in [0.15, 0.2) is 0 Å². The summed E-state index contributed by atoms with van der Waals surface area (Å²) in [5, 5.41) is 0.429. The first-order chi connectivity index (χ1) is 10.3. The standard InChI is InChI=1S/C16H19ClN2O3/c1-9(2)19(10(3)4)16(22)15(21)18-8-12-11(14(18)20)6-5-7-13(12)17/h5-7,9-10H,8H2,1-4H3. The number of rotatable bonds is 2. The first-order valence-electron chi connectivity index (χ1n) is 7.21. The lowest BCUT2D eigenvalue weighted by atomic mass is 10.1. The second-order valence-electron chi connectivity index (χ2n) is 5.86. The molecular formula is C16H19ClN2O3. The van der Waals surface area contributed by atoms with E-state index in [2.05, 4.69) is 0 Å². The molecule has 0 saturated carbocycles. The van der Waals surface area contributed by atoms with E-state index in [1.807, 2.05) is 27.7 Å². The smallest absolute Gasteiger partial charge is 0.319 e. The Bertz CT molecular complexity index is 632. The Kier molecular flexibility index (Phi) is 4.56. The van der Waals surface area contributed by atoms with Crippen LogP contribution < -0.4 is 0 Å². The predicted molar refractivity (Wildman–Crippen MR) is 83.5 cm³/mol. The number of fused-ring (bicyclic) bond motifs is 1. The van der Waals surface area contributed by atoms with E-state index in [9.17, 15) is 14.4 Å². The van der Waals surface area contributed by atoms with Gasteiger partial charge in [-0.05, 0) is 39.8 Å². The van der Waals surface area contributed by atoms with Crippen molar-refractivity contribution in [3.63, 3.8) is 0 Å². The summed E-state index contributed by atoms with van der Waals surface area (Å²) in [6, 6.07) is 4.69. The topological polar surface area (TPSA) is 57.7 Å². The largest absolute Gasteiger partial charge is 0.330 e. The normalized spacial score (nSPS) is 13.8. The molecule has 22 heavy (non-hydrogen) atoms. The molecule has 1 aromatic rings. The van der Waals surface area contributed by atoms with Gasteiger partial charge in [-0.3, -0.25) is 19.3 Å². The van der Waals surface area contributed by atoms with Crippen LogP contribution in [0.5, 0.6) is 0 Å². The van der Waals surface area contributed by atoms with Crippen molar-refractivity contribution >= 4 is 29.3 Å². The van der Waals surface area contributed by atoms with E-state index in [4.69, 9.17) is 11.6 Å². The Hall–Kier alpha value is -1.88. The summed E-state index contributed by atoms with van der Waals surface area (Å²) >= 11 is 6.06. The summed E-state index contributed by atoms with van der Waals surface area (Å²) in [7, 11) is 0. The Morgan fingerprint density at radius 1 is 1.18 bits per heavy atom. The average Bonchev–Trinajstić information content (AvgIpc) is 2.76. The summed E-state index contributed by atoms with van der Waals surface area (Å²) in [4.78, 5) is 39.7. The van der Waals surface area contributed by atoms with Gasteiger partial charge in [0.1, 0.15) is 0 Å². The number of hydrogen-bond acceptors (Lipinski definition) is 3. The molecule has 5 nitrogen and oxygen atoms in total. The van der Waals surface area contributed by atoms with Gasteiger partial charge in [-0.25, -0.2) is 0 Å². The molecule has 0 fully saturated rings. The van der Waals surface area contributed by atoms with Crippen molar-refractivity contribution in [2.75, 3.05) is 0 Å². The number of halogens is 1. The van der Waals surface area contributed by atoms with Gasteiger partial charge in [0.05, 0.1) is 6.54 Å². The summed E-state index contributed by atoms with van der Waals surface area (Å²) in [6.07, 6.45) is 0. The minimum Gasteiger partial charge on any atom is -0.330 e. The van der Waals surface area contributed by atoms with E-state index in [0.29, 0.717) is 16.1 Å². The third-order valence-corrected chi connectivity index (χ3v) is 4.04. The maximum Gasteiger partial charge on any atom is 0.319 e. The molecule has 0 saturated heterocycles. The minimum absolute atomic E-state index is 0.0441. The lowest BCUT2D eigenvalue weighted by molar-refractivity contribution is -0.152. The number of imide groups is 1. The molecule has 0 radical (unpaired) electrons. The first kappa shape index (κ1) is 16.5. The molecule has 0 atom stereocenters. The number of amides is 3. The van der Waals surface area contributed by atoms with Crippen molar-refractivity contribution in [3.05, 3.63) is 34.3 Å². The van der Waals surface area contributed by atoms with Gasteiger partial charge in [-0.1, -0.05) is 17.7 Å². The van der Waals surface area contributed by atoms with Crippen LogP contribution in [-0.2, 0) is 16.1 Å². The fourth-order valence-electron chi connectivity index (χ4n) is 2.75. The molecule has 0 aliphatic carbocycles. The van der Waals surface area contributed by atoms with E-state index in [1.54, 1.807) is 18.2 Å². The monoisotopic (exact) mass is 322 g/mol. The Morgan fingerprint density at radius 3 is 2.27 bits per heavy atom. The number of nitrogens with zero attached hydrogens (tertiary/aromatic N) is 2. The van der Waals surface area contributed by atoms with Crippen molar-refractivity contribution in [3.8, 4) is 0 Å². The van der Waals surface area contributed by atoms with Crippen molar-refractivity contribution in [2.45, 2.75) is 46.3 Å². The third-order valence-electron chi connectivity index (χ3n) is 3.69. The predicted octanol–water partition coefficient (Wildman–Crippen LogP) is 2.47. The van der Waals surface area contributed by atoms with E-state index in [0.717, 1.165) is 4.90 Å². The molecule has 118 valence electrons. The second-order valence-corrected chi connectivity index (χ2v) is 6.27. The molecule has 6 heteroatoms. The molecule has 1 aromatic carbocycles. The summed E-state index contributed by atoms with van der Waals surface area (Å²) < 4.78 is 0. The van der Waals surface area contributed by atoms with Crippen LogP contribution in [0.4, 0.5) is 0 Å². The van der Waals surface area contributed by atoms with Gasteiger partial charge in [0, 0.05) is 28.2 Å². The molecule has 1 aliphatic rings. The van der Waals surface area contributed by atoms with Crippen molar-refractivity contribution in [1.82, 2.24) is 9.80 Å². The quantitative estimate of drug-likeness (QED) is 0.786. The zero-order valence-electron chi connectivity index (χ0n) is 13.1. The van der Waals surface area contributed by atoms with E-state index < -0.39 is 17.7 Å². The fraction of sp³-hybridized carbons (Fsp3) is 0.438. The highest BCUT2D eigenvalue weighted by molar-refractivity contribution is 6.39. The molecule has 0 unspecified atom stereocenters. The zero-order valence-corrected chi connectivity index (χ0v) is 13.8. The number of carbonyl (C=O) groups excluding carboxylic acids is 3. The number of benzene rings is 1. The Balaban J connectivity index is 2.27. The van der Waals surface area contributed by atoms with Crippen molar-refractivity contribution < 1.29 is 14.4 Å². The lowest BCUT2D eigenvalue weighted by Gasteiger charge is -2.31. The van der Waals surface area contributed by atoms with E-state index in [1.165, 1.54) is 4.90 Å². The van der Waals surface area contributed by atoms with Crippen LogP contribution in [0.3, 0.4) is 0 Å². The molecule has 0 N–H and O–H groups in total. The highest BCUT2D eigenvalue weighted by atomic mass is 35.5. The maximum atomic E-state index is 12.5. The molecule has 3 amide bonds. The number of carbonyl (C=O) groups is 3. The van der Waals surface area contributed by atoms with Crippen LogP contribution in [0, 0.1) is 0 Å². The van der Waals surface area contributed by atoms with Crippen LogP contribution in [0.25, 0.3) is 0 Å². The summed E-state index contributed by atoms with van der Waals surface area (Å²) in [5.74, 6) is -1.94. The van der Waals surface area contributed by atoms with Crippen molar-refractivity contribution in [2.24, 2.45) is 0 Å². The SMILES string of the molecule is CC(C)N(C(=O)C(=O)N1Cc2c(Cl)cccc2C1=O)C(C)C. The molecule has 0 bridgehead atoms. The zero-order chi connectivity index (χ0) is 16.6. The van der Waals surface area contributed by atoms with Gasteiger partial charge in [-0.15, -0.1) is 0 Å². The molecule has 1 aliphatic heterocycles. The van der Waals surface area contributed by atoms with Crippen molar-refractivity contribution in [1.29, 1.82) is 0 Å². The first-order valence-corrected chi connectivity index (χ1v) is 7.59. The fourth-order valence-corrected chi connectivity index (χ4v) is 2.98. The molecule has 0 spiro atoms. The highest BCUT2D eigenvalue weighted by Crippen LogP contribution is 2.29. The van der Waals surface area contributed by atoms with Gasteiger partial charge < -0.3 is 4.90 Å². The van der Waals surface area contributed by atoms with E-state index in [-0.39, 0.29) is 18.6 Å². The Morgan fingerprint density at radius 2 is 1.77 bits per heavy atom. The van der Waals surface area contributed by atoms with Crippen LogP contribution in [0.15, 0.2) is 18.2 Å². The van der Waals surface area contributed by atoms with E-state index >= 15 is 0 Å².